The number of pyridine rings is 1. The van der Waals surface area contributed by atoms with Crippen LogP contribution in [-0.2, 0) is 21.4 Å². The van der Waals surface area contributed by atoms with E-state index in [1.165, 1.54) is 62.9 Å². The molecule has 34 heavy (non-hydrogen) atoms. The van der Waals surface area contributed by atoms with E-state index in [1.54, 1.807) is 0 Å². The summed E-state index contributed by atoms with van der Waals surface area (Å²) in [6.45, 7) is 4.70. The van der Waals surface area contributed by atoms with E-state index >= 15 is 0 Å². The molecule has 184 valence electrons. The quantitative estimate of drug-likeness (QED) is 0.316. The van der Waals surface area contributed by atoms with Gasteiger partial charge >= 0.3 is 5.97 Å². The largest absolute Gasteiger partial charge is 1.00 e. The van der Waals surface area contributed by atoms with Gasteiger partial charge in [-0.1, -0.05) is 56.0 Å². The first-order chi connectivity index (χ1) is 16.2. The summed E-state index contributed by atoms with van der Waals surface area (Å²) in [7, 11) is 0. The van der Waals surface area contributed by atoms with Gasteiger partial charge in [0, 0.05) is 37.6 Å². The summed E-state index contributed by atoms with van der Waals surface area (Å²) in [5.41, 5.74) is 2.09. The number of ether oxygens (including phenoxy) is 1. The van der Waals surface area contributed by atoms with Crippen LogP contribution in [0, 0.1) is 5.92 Å². The number of rotatable bonds is 7. The van der Waals surface area contributed by atoms with Crippen LogP contribution in [0.15, 0.2) is 54.9 Å². The topological polar surface area (TPSA) is 39.2 Å². The Bertz CT molecular complexity index is 904. The van der Waals surface area contributed by atoms with Crippen molar-refractivity contribution in [1.29, 1.82) is 0 Å². The van der Waals surface area contributed by atoms with Crippen molar-refractivity contribution in [2.45, 2.75) is 75.7 Å². The predicted octanol–water partition coefficient (Wildman–Crippen LogP) is 2.46. The number of carbonyl (C=O) groups excluding carboxylic acids is 1. The van der Waals surface area contributed by atoms with Crippen LogP contribution in [0.1, 0.15) is 68.9 Å². The van der Waals surface area contributed by atoms with Crippen LogP contribution < -0.4 is 17.0 Å². The van der Waals surface area contributed by atoms with E-state index in [-0.39, 0.29) is 29.1 Å². The normalized spacial score (nSPS) is 27.9. The molecule has 4 nitrogen and oxygen atoms in total. The molecule has 2 aromatic rings. The number of esters is 1. The van der Waals surface area contributed by atoms with Crippen LogP contribution in [-0.4, -0.2) is 47.7 Å². The highest BCUT2D eigenvalue weighted by atomic mass is 79.9. The van der Waals surface area contributed by atoms with Gasteiger partial charge in [-0.25, -0.2) is 0 Å². The summed E-state index contributed by atoms with van der Waals surface area (Å²) in [5, 5.41) is 0. The molecule has 3 aliphatic heterocycles. The molecule has 1 saturated carbocycles. The molecule has 0 N–H and O–H groups in total. The lowest BCUT2D eigenvalue weighted by Gasteiger charge is -2.52. The van der Waals surface area contributed by atoms with Crippen LogP contribution >= 0.6 is 0 Å². The Morgan fingerprint density at radius 2 is 1.65 bits per heavy atom. The highest BCUT2D eigenvalue weighted by molar-refractivity contribution is 5.83. The van der Waals surface area contributed by atoms with Crippen molar-refractivity contribution in [3.05, 3.63) is 66.0 Å². The molecule has 4 aliphatic rings. The standard InChI is InChI=1S/C29H39N2O2.BrH/c32-28(29(16-6-1-2-7-17-29)26-10-4-3-5-11-26)33-27-23-31(21-14-25(27)15-22-31)20-8-9-24-12-18-30-19-13-24;/h3-5,10-13,18-19,25,27H,1-2,6-9,14-17,20-23H2;1H/q+1;/p-1/t25?,27-,31?;/m0./s1. The number of piperidine rings is 3. The summed E-state index contributed by atoms with van der Waals surface area (Å²) in [5.74, 6) is 0.608. The molecule has 0 radical (unpaired) electrons. The number of fused-ring (bicyclic) bond motifs is 3. The fraction of sp³-hybridized carbons (Fsp3) is 0.586. The van der Waals surface area contributed by atoms with E-state index in [9.17, 15) is 4.79 Å². The first-order valence-electron chi connectivity index (χ1n) is 13.2. The Morgan fingerprint density at radius 3 is 2.32 bits per heavy atom. The number of quaternary nitrogens is 1. The number of hydrogen-bond donors (Lipinski definition) is 0. The predicted molar refractivity (Wildman–Crippen MR) is 131 cm³/mol. The Morgan fingerprint density at radius 1 is 0.971 bits per heavy atom. The third-order valence-electron chi connectivity index (χ3n) is 8.82. The molecule has 1 aromatic heterocycles. The average molecular weight is 528 g/mol. The van der Waals surface area contributed by atoms with Crippen molar-refractivity contribution in [3.8, 4) is 0 Å². The third-order valence-corrected chi connectivity index (χ3v) is 8.82. The van der Waals surface area contributed by atoms with Crippen molar-refractivity contribution < 1.29 is 31.0 Å². The molecule has 4 fully saturated rings. The molecular weight excluding hydrogens is 488 g/mol. The first-order valence-corrected chi connectivity index (χ1v) is 13.2. The molecule has 0 amide bonds. The van der Waals surface area contributed by atoms with Gasteiger partial charge in [0.15, 0.2) is 6.10 Å². The van der Waals surface area contributed by atoms with Gasteiger partial charge in [0.1, 0.15) is 6.54 Å². The minimum Gasteiger partial charge on any atom is -1.00 e. The van der Waals surface area contributed by atoms with E-state index in [0.717, 1.165) is 43.1 Å². The zero-order chi connectivity index (χ0) is 22.6. The van der Waals surface area contributed by atoms with E-state index in [2.05, 4.69) is 41.4 Å². The van der Waals surface area contributed by atoms with Gasteiger partial charge in [-0.05, 0) is 42.5 Å². The molecule has 4 heterocycles. The molecule has 0 unspecified atom stereocenters. The van der Waals surface area contributed by atoms with E-state index in [0.29, 0.717) is 5.92 Å². The van der Waals surface area contributed by atoms with Crippen LogP contribution in [0.2, 0.25) is 0 Å². The third kappa shape index (κ3) is 5.41. The number of carbonyl (C=O) groups is 1. The molecule has 0 spiro atoms. The van der Waals surface area contributed by atoms with Gasteiger partial charge in [0.2, 0.25) is 0 Å². The number of hydrogen-bond acceptors (Lipinski definition) is 3. The maximum absolute atomic E-state index is 13.9. The Balaban J connectivity index is 0.00000274. The summed E-state index contributed by atoms with van der Waals surface area (Å²) < 4.78 is 7.64. The summed E-state index contributed by atoms with van der Waals surface area (Å²) in [6.07, 6.45) is 15.1. The Labute approximate surface area is 215 Å². The summed E-state index contributed by atoms with van der Waals surface area (Å²) in [4.78, 5) is 18.0. The maximum atomic E-state index is 13.9. The van der Waals surface area contributed by atoms with Gasteiger partial charge in [-0.3, -0.25) is 9.78 Å². The molecule has 1 atom stereocenters. The fourth-order valence-electron chi connectivity index (χ4n) is 6.79. The average Bonchev–Trinajstić information content (AvgIpc) is 3.13. The van der Waals surface area contributed by atoms with Gasteiger partial charge in [0.05, 0.1) is 25.0 Å². The van der Waals surface area contributed by atoms with Gasteiger partial charge in [-0.15, -0.1) is 0 Å². The van der Waals surface area contributed by atoms with Crippen molar-refractivity contribution in [2.75, 3.05) is 26.2 Å². The van der Waals surface area contributed by atoms with E-state index < -0.39 is 5.41 Å². The molecule has 5 heteroatoms. The van der Waals surface area contributed by atoms with Crippen molar-refractivity contribution in [1.82, 2.24) is 4.98 Å². The molecule has 2 bridgehead atoms. The van der Waals surface area contributed by atoms with E-state index in [4.69, 9.17) is 4.74 Å². The number of aromatic nitrogens is 1. The van der Waals surface area contributed by atoms with Crippen molar-refractivity contribution in [2.24, 2.45) is 5.92 Å². The minimum absolute atomic E-state index is 0. The Hall–Kier alpha value is -1.72. The van der Waals surface area contributed by atoms with Gasteiger partial charge in [-0.2, -0.15) is 0 Å². The molecule has 1 aromatic carbocycles. The monoisotopic (exact) mass is 526 g/mol. The molecule has 1 aliphatic carbocycles. The zero-order valence-corrected chi connectivity index (χ0v) is 21.9. The van der Waals surface area contributed by atoms with Crippen molar-refractivity contribution in [3.63, 3.8) is 0 Å². The minimum atomic E-state index is -0.448. The Kier molecular flexibility index (Phi) is 8.47. The number of aryl methyl sites for hydroxylation is 1. The van der Waals surface area contributed by atoms with Crippen LogP contribution in [0.25, 0.3) is 0 Å². The lowest BCUT2D eigenvalue weighted by atomic mass is 9.74. The second-order valence-electron chi connectivity index (χ2n) is 10.8. The number of nitrogens with zero attached hydrogens (tertiary/aromatic N) is 2. The lowest BCUT2D eigenvalue weighted by molar-refractivity contribution is -0.946. The highest BCUT2D eigenvalue weighted by Gasteiger charge is 2.50. The van der Waals surface area contributed by atoms with Gasteiger partial charge < -0.3 is 26.2 Å². The first kappa shape index (κ1) is 25.4. The van der Waals surface area contributed by atoms with Crippen LogP contribution in [0.3, 0.4) is 0 Å². The van der Waals surface area contributed by atoms with Gasteiger partial charge in [0.25, 0.3) is 0 Å². The summed E-state index contributed by atoms with van der Waals surface area (Å²) in [6, 6.07) is 14.8. The fourth-order valence-corrected chi connectivity index (χ4v) is 6.79. The number of halogens is 1. The maximum Gasteiger partial charge on any atom is 0.317 e. The van der Waals surface area contributed by atoms with Crippen LogP contribution in [0.4, 0.5) is 0 Å². The molecule has 3 saturated heterocycles. The smallest absolute Gasteiger partial charge is 0.317 e. The highest BCUT2D eigenvalue weighted by Crippen LogP contribution is 2.42. The molecule has 6 rings (SSSR count). The molecular formula is C29H39BrN2O2. The number of benzene rings is 1. The van der Waals surface area contributed by atoms with E-state index in [1.807, 2.05) is 18.5 Å². The van der Waals surface area contributed by atoms with Crippen molar-refractivity contribution >= 4 is 5.97 Å². The lowest BCUT2D eigenvalue weighted by Crippen LogP contribution is -3.00. The second kappa shape index (κ2) is 11.3. The zero-order valence-electron chi connectivity index (χ0n) is 20.3. The summed E-state index contributed by atoms with van der Waals surface area (Å²) >= 11 is 0. The SMILES string of the molecule is O=C(O[C@H]1C[N+]2(CCCc3ccncc3)CCC1CC2)C1(c2ccccc2)CCCCCC1.[Br-]. The second-order valence-corrected chi connectivity index (χ2v) is 10.8. The van der Waals surface area contributed by atoms with Crippen LogP contribution in [0.5, 0.6) is 0 Å².